The molecule has 108 valence electrons. The molecule has 1 unspecified atom stereocenters. The number of aromatic nitrogens is 1. The van der Waals surface area contributed by atoms with Crippen LogP contribution in [0.15, 0.2) is 23.6 Å². The molecule has 0 saturated carbocycles. The van der Waals surface area contributed by atoms with Crippen LogP contribution in [-0.2, 0) is 6.42 Å². The second kappa shape index (κ2) is 7.41. The summed E-state index contributed by atoms with van der Waals surface area (Å²) in [6, 6.07) is 5.93. The molecule has 2 nitrogen and oxygen atoms in total. The van der Waals surface area contributed by atoms with Gasteiger partial charge in [-0.2, -0.15) is 0 Å². The molecule has 0 amide bonds. The first kappa shape index (κ1) is 15.8. The van der Waals surface area contributed by atoms with Crippen molar-refractivity contribution in [2.24, 2.45) is 0 Å². The van der Waals surface area contributed by atoms with Gasteiger partial charge >= 0.3 is 0 Å². The topological polar surface area (TPSA) is 24.9 Å². The van der Waals surface area contributed by atoms with Gasteiger partial charge in [-0.15, -0.1) is 11.3 Å². The zero-order chi connectivity index (χ0) is 14.5. The van der Waals surface area contributed by atoms with E-state index in [-0.39, 0.29) is 6.04 Å². The Balaban J connectivity index is 1.95. The average Bonchev–Trinajstić information content (AvgIpc) is 2.81. The summed E-state index contributed by atoms with van der Waals surface area (Å²) >= 11 is 13.9. The fraction of sp³-hybridized carbons (Fsp3) is 0.400. The van der Waals surface area contributed by atoms with Gasteiger partial charge < -0.3 is 5.32 Å². The zero-order valence-electron chi connectivity index (χ0n) is 11.6. The van der Waals surface area contributed by atoms with Crippen LogP contribution in [0.2, 0.25) is 10.0 Å². The molecule has 0 fully saturated rings. The minimum atomic E-state index is 0.251. The number of benzene rings is 1. The summed E-state index contributed by atoms with van der Waals surface area (Å²) in [7, 11) is 0. The number of nitrogens with zero attached hydrogens (tertiary/aromatic N) is 1. The van der Waals surface area contributed by atoms with Crippen molar-refractivity contribution in [2.75, 3.05) is 6.54 Å². The summed E-state index contributed by atoms with van der Waals surface area (Å²) in [5.74, 6) is 0. The van der Waals surface area contributed by atoms with Gasteiger partial charge in [-0.3, -0.25) is 0 Å². The van der Waals surface area contributed by atoms with Gasteiger partial charge in [-0.25, -0.2) is 4.98 Å². The van der Waals surface area contributed by atoms with Crippen LogP contribution in [-0.4, -0.2) is 11.5 Å². The van der Waals surface area contributed by atoms with Crippen molar-refractivity contribution in [3.05, 3.63) is 49.9 Å². The number of halogens is 2. The van der Waals surface area contributed by atoms with Crippen LogP contribution in [0.3, 0.4) is 0 Å². The number of nitrogens with one attached hydrogen (secondary N) is 1. The van der Waals surface area contributed by atoms with E-state index in [0.717, 1.165) is 35.7 Å². The quantitative estimate of drug-likeness (QED) is 0.803. The molecule has 1 atom stereocenters. The minimum absolute atomic E-state index is 0.251. The number of hydrogen-bond donors (Lipinski definition) is 1. The lowest BCUT2D eigenvalue weighted by Crippen LogP contribution is -2.23. The van der Waals surface area contributed by atoms with E-state index in [1.807, 2.05) is 19.1 Å². The van der Waals surface area contributed by atoms with E-state index in [4.69, 9.17) is 23.2 Å². The number of hydrogen-bond acceptors (Lipinski definition) is 3. The molecule has 20 heavy (non-hydrogen) atoms. The minimum Gasteiger partial charge on any atom is -0.309 e. The van der Waals surface area contributed by atoms with Gasteiger partial charge in [-0.1, -0.05) is 36.2 Å². The van der Waals surface area contributed by atoms with Gasteiger partial charge in [0, 0.05) is 40.1 Å². The largest absolute Gasteiger partial charge is 0.309 e. The highest BCUT2D eigenvalue weighted by molar-refractivity contribution is 7.09. The maximum Gasteiger partial charge on any atom is 0.0940 e. The Labute approximate surface area is 134 Å². The molecule has 0 aliphatic heterocycles. The Morgan fingerprint density at radius 1 is 1.35 bits per heavy atom. The Kier molecular flexibility index (Phi) is 5.85. The fourth-order valence-corrected chi connectivity index (χ4v) is 3.45. The lowest BCUT2D eigenvalue weighted by Gasteiger charge is -2.18. The Hall–Kier alpha value is -0.610. The van der Waals surface area contributed by atoms with E-state index in [1.165, 1.54) is 5.01 Å². The van der Waals surface area contributed by atoms with Crippen molar-refractivity contribution in [1.29, 1.82) is 0 Å². The Morgan fingerprint density at radius 3 is 2.75 bits per heavy atom. The highest BCUT2D eigenvalue weighted by Gasteiger charge is 2.12. The smallest absolute Gasteiger partial charge is 0.0940 e. The molecule has 5 heteroatoms. The molecule has 1 aromatic heterocycles. The number of aryl methyl sites for hydroxylation is 1. The van der Waals surface area contributed by atoms with Crippen molar-refractivity contribution in [2.45, 2.75) is 32.7 Å². The van der Waals surface area contributed by atoms with Crippen LogP contribution in [0.4, 0.5) is 0 Å². The van der Waals surface area contributed by atoms with Crippen LogP contribution >= 0.6 is 34.5 Å². The first-order valence-corrected chi connectivity index (χ1v) is 8.33. The molecule has 2 rings (SSSR count). The first-order chi connectivity index (χ1) is 9.60. The highest BCUT2D eigenvalue weighted by atomic mass is 35.5. The molecule has 1 heterocycles. The molecule has 0 radical (unpaired) electrons. The van der Waals surface area contributed by atoms with E-state index in [2.05, 4.69) is 22.6 Å². The third-order valence-corrected chi connectivity index (χ3v) is 4.73. The third-order valence-electron chi connectivity index (χ3n) is 3.14. The molecule has 1 aromatic carbocycles. The van der Waals surface area contributed by atoms with Gasteiger partial charge in [0.15, 0.2) is 0 Å². The average molecular weight is 329 g/mol. The van der Waals surface area contributed by atoms with Crippen LogP contribution in [0.25, 0.3) is 0 Å². The van der Waals surface area contributed by atoms with E-state index in [1.54, 1.807) is 17.4 Å². The van der Waals surface area contributed by atoms with Crippen molar-refractivity contribution in [3.63, 3.8) is 0 Å². The van der Waals surface area contributed by atoms with Crippen LogP contribution in [0.5, 0.6) is 0 Å². The zero-order valence-corrected chi connectivity index (χ0v) is 13.9. The number of rotatable bonds is 6. The Bertz CT molecular complexity index is 569. The molecule has 1 N–H and O–H groups in total. The molecule has 0 aliphatic carbocycles. The van der Waals surface area contributed by atoms with Gasteiger partial charge in [0.25, 0.3) is 0 Å². The monoisotopic (exact) mass is 328 g/mol. The first-order valence-electron chi connectivity index (χ1n) is 6.69. The summed E-state index contributed by atoms with van der Waals surface area (Å²) in [6.07, 6.45) is 1.93. The summed E-state index contributed by atoms with van der Waals surface area (Å²) in [5, 5.41) is 8.20. The third kappa shape index (κ3) is 4.19. The normalized spacial score (nSPS) is 12.6. The van der Waals surface area contributed by atoms with Crippen molar-refractivity contribution < 1.29 is 0 Å². The predicted octanol–water partition coefficient (Wildman–Crippen LogP) is 5.04. The maximum absolute atomic E-state index is 6.27. The predicted molar refractivity (Wildman–Crippen MR) is 88.1 cm³/mol. The van der Waals surface area contributed by atoms with Crippen molar-refractivity contribution >= 4 is 34.5 Å². The molecule has 2 aromatic rings. The standard InChI is InChI=1S/C15H18Cl2N2S/c1-3-14(12-5-4-11(16)8-13(12)17)18-7-6-15-19-10(2)9-20-15/h4-5,8-9,14,18H,3,6-7H2,1-2H3. The van der Waals surface area contributed by atoms with Crippen LogP contribution in [0.1, 0.15) is 35.7 Å². The van der Waals surface area contributed by atoms with E-state index in [9.17, 15) is 0 Å². The molecular weight excluding hydrogens is 311 g/mol. The van der Waals surface area contributed by atoms with Gasteiger partial charge in [0.2, 0.25) is 0 Å². The molecule has 0 aliphatic rings. The lowest BCUT2D eigenvalue weighted by molar-refractivity contribution is 0.522. The summed E-state index contributed by atoms with van der Waals surface area (Å²) in [4.78, 5) is 4.47. The summed E-state index contributed by atoms with van der Waals surface area (Å²) in [5.41, 5.74) is 2.20. The van der Waals surface area contributed by atoms with E-state index >= 15 is 0 Å². The van der Waals surface area contributed by atoms with Gasteiger partial charge in [-0.05, 0) is 31.0 Å². The van der Waals surface area contributed by atoms with E-state index in [0.29, 0.717) is 5.02 Å². The molecular formula is C15H18Cl2N2S. The Morgan fingerprint density at radius 2 is 2.15 bits per heavy atom. The summed E-state index contributed by atoms with van der Waals surface area (Å²) in [6.45, 7) is 5.07. The summed E-state index contributed by atoms with van der Waals surface area (Å²) < 4.78 is 0. The van der Waals surface area contributed by atoms with Gasteiger partial charge in [0.1, 0.15) is 0 Å². The molecule has 0 spiro atoms. The second-order valence-corrected chi connectivity index (χ2v) is 6.50. The van der Waals surface area contributed by atoms with Crippen LogP contribution in [0, 0.1) is 6.92 Å². The van der Waals surface area contributed by atoms with Gasteiger partial charge in [0.05, 0.1) is 5.01 Å². The fourth-order valence-electron chi connectivity index (χ4n) is 2.13. The van der Waals surface area contributed by atoms with Crippen molar-refractivity contribution in [1.82, 2.24) is 10.3 Å². The second-order valence-electron chi connectivity index (χ2n) is 4.71. The van der Waals surface area contributed by atoms with Crippen LogP contribution < -0.4 is 5.32 Å². The van der Waals surface area contributed by atoms with Crippen molar-refractivity contribution in [3.8, 4) is 0 Å². The molecule has 0 bridgehead atoms. The molecule has 0 saturated heterocycles. The SMILES string of the molecule is CCC(NCCc1nc(C)cs1)c1ccc(Cl)cc1Cl. The number of thiazole rings is 1. The highest BCUT2D eigenvalue weighted by Crippen LogP contribution is 2.28. The van der Waals surface area contributed by atoms with E-state index < -0.39 is 0 Å². The maximum atomic E-state index is 6.27. The lowest BCUT2D eigenvalue weighted by atomic mass is 10.0.